The van der Waals surface area contributed by atoms with Crippen LogP contribution in [-0.2, 0) is 0 Å². The Bertz CT molecular complexity index is 375. The van der Waals surface area contributed by atoms with Crippen molar-refractivity contribution in [3.63, 3.8) is 0 Å². The quantitative estimate of drug-likeness (QED) is 0.288. The lowest BCUT2D eigenvalue weighted by Gasteiger charge is -2.22. The molecule has 0 atom stereocenters. The summed E-state index contributed by atoms with van der Waals surface area (Å²) in [6.07, 6.45) is 0.954. The van der Waals surface area contributed by atoms with Gasteiger partial charge in [-0.3, -0.25) is 0 Å². The van der Waals surface area contributed by atoms with Crippen LogP contribution in [0.2, 0.25) is 0 Å². The number of anilines is 1. The van der Waals surface area contributed by atoms with Crippen molar-refractivity contribution in [2.24, 2.45) is 10.9 Å². The van der Waals surface area contributed by atoms with Gasteiger partial charge in [-0.2, -0.15) is 0 Å². The number of aliphatic hydroxyl groups excluding tert-OH is 1. The number of aliphatic hydroxyl groups is 1. The Morgan fingerprint density at radius 2 is 2.24 bits per heavy atom. The first-order valence-corrected chi connectivity index (χ1v) is 5.53. The van der Waals surface area contributed by atoms with Gasteiger partial charge in [0, 0.05) is 13.1 Å². The Kier molecular flexibility index (Phi) is 5.22. The third-order valence-electron chi connectivity index (χ3n) is 2.29. The first-order valence-electron chi connectivity index (χ1n) is 5.53. The minimum Gasteiger partial charge on any atom is -0.409 e. The molecule has 0 unspecified atom stereocenters. The standard InChI is InChI=1S/C11H18N4O2/c1-2-6-15(7-8-16)10-5-3-4-9(13-10)11(12)14-17/h3-5,16-17H,2,6-8H2,1H3,(H2,12,14). The Balaban J connectivity index is 2.95. The molecule has 0 saturated carbocycles. The highest BCUT2D eigenvalue weighted by Gasteiger charge is 2.08. The monoisotopic (exact) mass is 238 g/mol. The smallest absolute Gasteiger partial charge is 0.188 e. The van der Waals surface area contributed by atoms with Gasteiger partial charge in [0.05, 0.1) is 6.61 Å². The number of rotatable bonds is 6. The minimum atomic E-state index is -0.0210. The van der Waals surface area contributed by atoms with Crippen LogP contribution in [0, 0.1) is 0 Å². The maximum Gasteiger partial charge on any atom is 0.188 e. The first-order chi connectivity index (χ1) is 8.22. The van der Waals surface area contributed by atoms with E-state index in [9.17, 15) is 0 Å². The molecule has 1 aromatic heterocycles. The Morgan fingerprint density at radius 1 is 1.47 bits per heavy atom. The topological polar surface area (TPSA) is 95.0 Å². The molecule has 4 N–H and O–H groups in total. The number of amidine groups is 1. The predicted octanol–water partition coefficient (Wildman–Crippen LogP) is 0.385. The van der Waals surface area contributed by atoms with Crippen LogP contribution < -0.4 is 10.6 Å². The third-order valence-corrected chi connectivity index (χ3v) is 2.29. The molecule has 0 spiro atoms. The van der Waals surface area contributed by atoms with Crippen molar-refractivity contribution in [2.45, 2.75) is 13.3 Å². The fourth-order valence-electron chi connectivity index (χ4n) is 1.52. The summed E-state index contributed by atoms with van der Waals surface area (Å²) in [4.78, 5) is 6.23. The van der Waals surface area contributed by atoms with Gasteiger partial charge in [-0.25, -0.2) is 4.98 Å². The van der Waals surface area contributed by atoms with E-state index in [0.717, 1.165) is 13.0 Å². The van der Waals surface area contributed by atoms with Gasteiger partial charge >= 0.3 is 0 Å². The third kappa shape index (κ3) is 3.60. The molecule has 0 aliphatic carbocycles. The van der Waals surface area contributed by atoms with Crippen LogP contribution in [0.25, 0.3) is 0 Å². The molecule has 1 heterocycles. The van der Waals surface area contributed by atoms with Gasteiger partial charge in [0.15, 0.2) is 5.84 Å². The van der Waals surface area contributed by atoms with Gasteiger partial charge in [0.25, 0.3) is 0 Å². The van der Waals surface area contributed by atoms with E-state index in [2.05, 4.69) is 17.1 Å². The highest BCUT2D eigenvalue weighted by Crippen LogP contribution is 2.11. The normalized spacial score (nSPS) is 11.5. The average Bonchev–Trinajstić information content (AvgIpc) is 2.37. The number of nitrogens with zero attached hydrogens (tertiary/aromatic N) is 3. The Hall–Kier alpha value is -1.82. The fourth-order valence-corrected chi connectivity index (χ4v) is 1.52. The zero-order valence-corrected chi connectivity index (χ0v) is 9.87. The van der Waals surface area contributed by atoms with E-state index in [4.69, 9.17) is 16.0 Å². The van der Waals surface area contributed by atoms with Crippen molar-refractivity contribution in [3.8, 4) is 0 Å². The molecular formula is C11H18N4O2. The van der Waals surface area contributed by atoms with Crippen molar-refractivity contribution in [3.05, 3.63) is 23.9 Å². The van der Waals surface area contributed by atoms with E-state index in [-0.39, 0.29) is 12.4 Å². The fraction of sp³-hybridized carbons (Fsp3) is 0.455. The Labute approximate surface area is 100 Å². The minimum absolute atomic E-state index is 0.0210. The largest absolute Gasteiger partial charge is 0.409 e. The summed E-state index contributed by atoms with van der Waals surface area (Å²) in [5, 5.41) is 20.5. The van der Waals surface area contributed by atoms with Crippen LogP contribution in [0.4, 0.5) is 5.82 Å². The molecule has 17 heavy (non-hydrogen) atoms. The maximum atomic E-state index is 8.99. The van der Waals surface area contributed by atoms with Crippen LogP contribution in [0.3, 0.4) is 0 Å². The zero-order valence-electron chi connectivity index (χ0n) is 9.87. The molecule has 0 aliphatic rings. The van der Waals surface area contributed by atoms with E-state index >= 15 is 0 Å². The summed E-state index contributed by atoms with van der Waals surface area (Å²) >= 11 is 0. The lowest BCUT2D eigenvalue weighted by Crippen LogP contribution is -2.29. The molecule has 0 saturated heterocycles. The van der Waals surface area contributed by atoms with Crippen LogP contribution >= 0.6 is 0 Å². The van der Waals surface area contributed by atoms with E-state index in [1.807, 2.05) is 11.0 Å². The van der Waals surface area contributed by atoms with Gasteiger partial charge in [-0.15, -0.1) is 0 Å². The van der Waals surface area contributed by atoms with Gasteiger partial charge in [0.1, 0.15) is 11.5 Å². The molecule has 0 aromatic carbocycles. The highest BCUT2D eigenvalue weighted by molar-refractivity contribution is 5.95. The molecule has 94 valence electrons. The summed E-state index contributed by atoms with van der Waals surface area (Å²) in [6.45, 7) is 3.43. The van der Waals surface area contributed by atoms with Crippen molar-refractivity contribution in [2.75, 3.05) is 24.6 Å². The maximum absolute atomic E-state index is 8.99. The summed E-state index contributed by atoms with van der Waals surface area (Å²) < 4.78 is 0. The van der Waals surface area contributed by atoms with Gasteiger partial charge in [-0.1, -0.05) is 18.1 Å². The second kappa shape index (κ2) is 6.70. The van der Waals surface area contributed by atoms with Crippen LogP contribution in [0.5, 0.6) is 0 Å². The average molecular weight is 238 g/mol. The molecule has 0 radical (unpaired) electrons. The predicted molar refractivity (Wildman–Crippen MR) is 66.3 cm³/mol. The molecule has 1 rings (SSSR count). The van der Waals surface area contributed by atoms with E-state index in [0.29, 0.717) is 18.1 Å². The van der Waals surface area contributed by atoms with Gasteiger partial charge in [-0.05, 0) is 18.6 Å². The number of oxime groups is 1. The molecule has 0 fully saturated rings. The number of aromatic nitrogens is 1. The lowest BCUT2D eigenvalue weighted by molar-refractivity contribution is 0.301. The van der Waals surface area contributed by atoms with Gasteiger partial charge < -0.3 is 20.9 Å². The van der Waals surface area contributed by atoms with E-state index in [1.54, 1.807) is 12.1 Å². The zero-order chi connectivity index (χ0) is 12.7. The Morgan fingerprint density at radius 3 is 2.82 bits per heavy atom. The second-order valence-electron chi connectivity index (χ2n) is 3.58. The lowest BCUT2D eigenvalue weighted by atomic mass is 10.3. The first kappa shape index (κ1) is 13.2. The highest BCUT2D eigenvalue weighted by atomic mass is 16.4. The van der Waals surface area contributed by atoms with Crippen LogP contribution in [0.1, 0.15) is 19.0 Å². The van der Waals surface area contributed by atoms with Crippen LogP contribution in [-0.4, -0.2) is 40.8 Å². The molecule has 0 aliphatic heterocycles. The van der Waals surface area contributed by atoms with Crippen molar-refractivity contribution in [1.82, 2.24) is 4.98 Å². The summed E-state index contributed by atoms with van der Waals surface area (Å²) in [7, 11) is 0. The summed E-state index contributed by atoms with van der Waals surface area (Å²) in [5.41, 5.74) is 5.90. The van der Waals surface area contributed by atoms with Crippen molar-refractivity contribution < 1.29 is 10.3 Å². The molecule has 0 bridgehead atoms. The number of hydrogen-bond donors (Lipinski definition) is 3. The summed E-state index contributed by atoms with van der Waals surface area (Å²) in [5.74, 6) is 0.692. The van der Waals surface area contributed by atoms with Crippen LogP contribution in [0.15, 0.2) is 23.4 Å². The number of hydrogen-bond acceptors (Lipinski definition) is 5. The number of pyridine rings is 1. The molecule has 6 heteroatoms. The van der Waals surface area contributed by atoms with Crippen molar-refractivity contribution >= 4 is 11.7 Å². The van der Waals surface area contributed by atoms with E-state index < -0.39 is 0 Å². The van der Waals surface area contributed by atoms with Crippen molar-refractivity contribution in [1.29, 1.82) is 0 Å². The molecule has 1 aromatic rings. The second-order valence-corrected chi connectivity index (χ2v) is 3.58. The van der Waals surface area contributed by atoms with E-state index in [1.165, 1.54) is 0 Å². The SMILES string of the molecule is CCCN(CCO)c1cccc(C(N)=NO)n1. The summed E-state index contributed by atoms with van der Waals surface area (Å²) in [6, 6.07) is 5.29. The molecular weight excluding hydrogens is 220 g/mol. The molecule has 0 amide bonds. The van der Waals surface area contributed by atoms with Gasteiger partial charge in [0.2, 0.25) is 0 Å². The number of nitrogens with two attached hydrogens (primary N) is 1. The molecule has 6 nitrogen and oxygen atoms in total.